The minimum atomic E-state index is -1.04. The zero-order valence-electron chi connectivity index (χ0n) is 11.4. The van der Waals surface area contributed by atoms with Crippen molar-refractivity contribution >= 4 is 0 Å². The number of hydrogen-bond acceptors (Lipinski definition) is 3. The molecule has 0 aromatic heterocycles. The molecule has 0 heterocycles. The number of benzene rings is 1. The molecule has 100 valence electrons. The fraction of sp³-hybridized carbons (Fsp3) is 0.571. The molecule has 4 heteroatoms. The first kappa shape index (κ1) is 14.6. The van der Waals surface area contributed by atoms with E-state index < -0.39 is 17.1 Å². The lowest BCUT2D eigenvalue weighted by Crippen LogP contribution is -2.26. The fourth-order valence-electron chi connectivity index (χ4n) is 1.89. The van der Waals surface area contributed by atoms with E-state index in [1.165, 1.54) is 0 Å². The third kappa shape index (κ3) is 3.29. The molecule has 1 N–H and O–H groups in total. The first-order chi connectivity index (χ1) is 8.27. The number of nitro groups is 1. The highest BCUT2D eigenvalue weighted by atomic mass is 16.6. The van der Waals surface area contributed by atoms with Crippen molar-refractivity contribution in [3.63, 3.8) is 0 Å². The zero-order valence-corrected chi connectivity index (χ0v) is 11.4. The average Bonchev–Trinajstić information content (AvgIpc) is 2.28. The van der Waals surface area contributed by atoms with Gasteiger partial charge in [-0.1, -0.05) is 52.0 Å². The molecular weight excluding hydrogens is 230 g/mol. The van der Waals surface area contributed by atoms with Crippen molar-refractivity contribution in [1.29, 1.82) is 0 Å². The Hall–Kier alpha value is -1.42. The third-order valence-electron chi connectivity index (χ3n) is 3.17. The minimum Gasteiger partial charge on any atom is -0.381 e. The van der Waals surface area contributed by atoms with E-state index in [1.807, 2.05) is 12.1 Å². The lowest BCUT2D eigenvalue weighted by molar-refractivity contribution is -0.536. The molecule has 18 heavy (non-hydrogen) atoms. The van der Waals surface area contributed by atoms with Crippen molar-refractivity contribution < 1.29 is 10.0 Å². The van der Waals surface area contributed by atoms with Crippen LogP contribution in [0.25, 0.3) is 0 Å². The molecular formula is C14H21NO3. The van der Waals surface area contributed by atoms with Crippen LogP contribution in [0.1, 0.15) is 51.3 Å². The predicted octanol–water partition coefficient (Wildman–Crippen LogP) is 3.07. The molecule has 0 fully saturated rings. The maximum Gasteiger partial charge on any atom is 0.242 e. The Balaban J connectivity index is 2.94. The number of rotatable bonds is 4. The maximum atomic E-state index is 10.8. The molecule has 0 bridgehead atoms. The van der Waals surface area contributed by atoms with E-state index in [0.717, 1.165) is 5.56 Å². The van der Waals surface area contributed by atoms with E-state index in [9.17, 15) is 15.2 Å². The second-order valence-electron chi connectivity index (χ2n) is 5.58. The van der Waals surface area contributed by atoms with Gasteiger partial charge in [-0.25, -0.2) is 0 Å². The van der Waals surface area contributed by atoms with Gasteiger partial charge in [0.25, 0.3) is 0 Å². The summed E-state index contributed by atoms with van der Waals surface area (Å²) < 4.78 is 0. The lowest BCUT2D eigenvalue weighted by Gasteiger charge is -2.20. The Kier molecular flexibility index (Phi) is 4.46. The number of aliphatic hydroxyl groups is 1. The molecule has 1 aromatic carbocycles. The van der Waals surface area contributed by atoms with Crippen LogP contribution in [0.4, 0.5) is 0 Å². The molecule has 4 nitrogen and oxygen atoms in total. The summed E-state index contributed by atoms with van der Waals surface area (Å²) in [5.74, 6) is 0. The first-order valence-corrected chi connectivity index (χ1v) is 6.19. The van der Waals surface area contributed by atoms with Gasteiger partial charge in [0.2, 0.25) is 6.04 Å². The van der Waals surface area contributed by atoms with E-state index >= 15 is 0 Å². The summed E-state index contributed by atoms with van der Waals surface area (Å²) >= 11 is 0. The van der Waals surface area contributed by atoms with Gasteiger partial charge in [0.05, 0.1) is 0 Å². The van der Waals surface area contributed by atoms with E-state index in [0.29, 0.717) is 12.0 Å². The van der Waals surface area contributed by atoms with Crippen LogP contribution in [0.5, 0.6) is 0 Å². The largest absolute Gasteiger partial charge is 0.381 e. The van der Waals surface area contributed by atoms with Crippen molar-refractivity contribution in [2.45, 2.75) is 51.7 Å². The molecule has 0 aliphatic rings. The molecule has 0 radical (unpaired) electrons. The summed E-state index contributed by atoms with van der Waals surface area (Å²) in [5, 5.41) is 20.8. The van der Waals surface area contributed by atoms with Crippen molar-refractivity contribution in [2.75, 3.05) is 0 Å². The van der Waals surface area contributed by atoms with Gasteiger partial charge in [0, 0.05) is 11.3 Å². The monoisotopic (exact) mass is 251 g/mol. The van der Waals surface area contributed by atoms with Crippen LogP contribution in [-0.4, -0.2) is 16.1 Å². The predicted molar refractivity (Wildman–Crippen MR) is 71.2 cm³/mol. The lowest BCUT2D eigenvalue weighted by atomic mass is 9.86. The normalized spacial score (nSPS) is 15.2. The highest BCUT2D eigenvalue weighted by Gasteiger charge is 2.29. The Morgan fingerprint density at radius 3 is 2.11 bits per heavy atom. The first-order valence-electron chi connectivity index (χ1n) is 6.19. The molecule has 0 saturated carbocycles. The highest BCUT2D eigenvalue weighted by molar-refractivity contribution is 5.29. The Bertz CT molecular complexity index is 406. The van der Waals surface area contributed by atoms with Crippen LogP contribution in [0, 0.1) is 10.1 Å². The molecule has 1 rings (SSSR count). The summed E-state index contributed by atoms with van der Waals surface area (Å²) in [6, 6.07) is 6.45. The Morgan fingerprint density at radius 1 is 1.28 bits per heavy atom. The van der Waals surface area contributed by atoms with Gasteiger partial charge in [-0.2, -0.15) is 0 Å². The third-order valence-corrected chi connectivity index (χ3v) is 3.17. The standard InChI is InChI=1S/C14H21NO3/c1-5-12(15(17)18)13(16)10-6-8-11(9-7-10)14(2,3)4/h6-9,12-13,16H,5H2,1-4H3. The Labute approximate surface area is 108 Å². The van der Waals surface area contributed by atoms with Crippen LogP contribution >= 0.6 is 0 Å². The number of hydrogen-bond donors (Lipinski definition) is 1. The average molecular weight is 251 g/mol. The van der Waals surface area contributed by atoms with Crippen molar-refractivity contribution in [1.82, 2.24) is 0 Å². The molecule has 0 aliphatic heterocycles. The summed E-state index contributed by atoms with van der Waals surface area (Å²) in [6.45, 7) is 8.01. The number of aliphatic hydroxyl groups excluding tert-OH is 1. The molecule has 0 saturated heterocycles. The van der Waals surface area contributed by atoms with Gasteiger partial charge >= 0.3 is 0 Å². The van der Waals surface area contributed by atoms with Crippen molar-refractivity contribution in [3.8, 4) is 0 Å². The van der Waals surface area contributed by atoms with E-state index in [2.05, 4.69) is 20.8 Å². The van der Waals surface area contributed by atoms with Gasteiger partial charge in [-0.15, -0.1) is 0 Å². The van der Waals surface area contributed by atoms with E-state index in [1.54, 1.807) is 19.1 Å². The summed E-state index contributed by atoms with van der Waals surface area (Å²) in [7, 11) is 0. The van der Waals surface area contributed by atoms with E-state index in [-0.39, 0.29) is 5.41 Å². The quantitative estimate of drug-likeness (QED) is 0.660. The fourth-order valence-corrected chi connectivity index (χ4v) is 1.89. The number of nitrogens with zero attached hydrogens (tertiary/aromatic N) is 1. The summed E-state index contributed by atoms with van der Waals surface area (Å²) in [5.41, 5.74) is 1.79. The second-order valence-corrected chi connectivity index (χ2v) is 5.58. The van der Waals surface area contributed by atoms with Crippen LogP contribution in [0.3, 0.4) is 0 Å². The van der Waals surface area contributed by atoms with Crippen LogP contribution < -0.4 is 0 Å². The zero-order chi connectivity index (χ0) is 13.9. The van der Waals surface area contributed by atoms with Gasteiger partial charge in [-0.05, 0) is 16.5 Å². The molecule has 0 spiro atoms. The second kappa shape index (κ2) is 5.48. The highest BCUT2D eigenvalue weighted by Crippen LogP contribution is 2.26. The maximum absolute atomic E-state index is 10.8. The SMILES string of the molecule is CCC(C(O)c1ccc(C(C)(C)C)cc1)[N+](=O)[O-]. The molecule has 2 atom stereocenters. The molecule has 0 amide bonds. The van der Waals surface area contributed by atoms with Gasteiger partial charge < -0.3 is 5.11 Å². The molecule has 1 aromatic rings. The summed E-state index contributed by atoms with van der Waals surface area (Å²) in [6.07, 6.45) is -0.728. The topological polar surface area (TPSA) is 63.4 Å². The van der Waals surface area contributed by atoms with Crippen LogP contribution in [-0.2, 0) is 5.41 Å². The van der Waals surface area contributed by atoms with Gasteiger partial charge in [-0.3, -0.25) is 10.1 Å². The van der Waals surface area contributed by atoms with Crippen LogP contribution in [0.15, 0.2) is 24.3 Å². The molecule has 2 unspecified atom stereocenters. The van der Waals surface area contributed by atoms with Gasteiger partial charge in [0.15, 0.2) is 0 Å². The minimum absolute atomic E-state index is 0.0384. The van der Waals surface area contributed by atoms with Crippen LogP contribution in [0.2, 0.25) is 0 Å². The smallest absolute Gasteiger partial charge is 0.242 e. The molecule has 0 aliphatic carbocycles. The van der Waals surface area contributed by atoms with E-state index in [4.69, 9.17) is 0 Å². The van der Waals surface area contributed by atoms with Gasteiger partial charge in [0.1, 0.15) is 6.10 Å². The van der Waals surface area contributed by atoms with Crippen molar-refractivity contribution in [2.24, 2.45) is 0 Å². The summed E-state index contributed by atoms with van der Waals surface area (Å²) in [4.78, 5) is 10.4. The Morgan fingerprint density at radius 2 is 1.78 bits per heavy atom. The van der Waals surface area contributed by atoms with Crippen molar-refractivity contribution in [3.05, 3.63) is 45.5 Å².